The fraction of sp³-hybridized carbons (Fsp3) is 0.524. The fourth-order valence-electron chi connectivity index (χ4n) is 3.47. The minimum Gasteiger partial charge on any atom is -0.383 e. The van der Waals surface area contributed by atoms with E-state index in [4.69, 9.17) is 21.7 Å². The van der Waals surface area contributed by atoms with Gasteiger partial charge in [0.2, 0.25) is 0 Å². The van der Waals surface area contributed by atoms with Gasteiger partial charge in [-0.2, -0.15) is 0 Å². The zero-order chi connectivity index (χ0) is 19.9. The van der Waals surface area contributed by atoms with Gasteiger partial charge in [0, 0.05) is 37.9 Å². The molecule has 0 aliphatic carbocycles. The Kier molecular flexibility index (Phi) is 7.42. The van der Waals surface area contributed by atoms with Crippen LogP contribution >= 0.6 is 12.2 Å². The first-order chi connectivity index (χ1) is 13.6. The molecule has 1 atom stereocenters. The number of methoxy groups -OCH3 is 1. The van der Waals surface area contributed by atoms with Crippen LogP contribution in [0.25, 0.3) is 10.9 Å². The summed E-state index contributed by atoms with van der Waals surface area (Å²) < 4.78 is 10.9. The maximum absolute atomic E-state index is 12.6. The minimum atomic E-state index is -0.0752. The maximum atomic E-state index is 12.6. The Morgan fingerprint density at radius 1 is 1.43 bits per heavy atom. The second-order valence-corrected chi connectivity index (χ2v) is 7.53. The first-order valence-electron chi connectivity index (χ1n) is 9.89. The van der Waals surface area contributed by atoms with Crippen molar-refractivity contribution in [1.82, 2.24) is 15.2 Å². The van der Waals surface area contributed by atoms with E-state index in [0.717, 1.165) is 36.8 Å². The number of aromatic amines is 1. The van der Waals surface area contributed by atoms with E-state index in [-0.39, 0.29) is 11.7 Å². The van der Waals surface area contributed by atoms with Gasteiger partial charge in [-0.1, -0.05) is 13.0 Å². The first kappa shape index (κ1) is 20.8. The van der Waals surface area contributed by atoms with Gasteiger partial charge in [-0.15, -0.1) is 0 Å². The van der Waals surface area contributed by atoms with Crippen LogP contribution in [0.4, 0.5) is 0 Å². The van der Waals surface area contributed by atoms with Gasteiger partial charge in [0.05, 0.1) is 19.3 Å². The topological polar surface area (TPSA) is 66.6 Å². The van der Waals surface area contributed by atoms with Crippen molar-refractivity contribution in [2.24, 2.45) is 0 Å². The molecule has 0 saturated carbocycles. The summed E-state index contributed by atoms with van der Waals surface area (Å²) in [5, 5.41) is 4.88. The molecule has 0 radical (unpaired) electrons. The molecule has 0 amide bonds. The summed E-state index contributed by atoms with van der Waals surface area (Å²) in [7, 11) is 1.66. The van der Waals surface area contributed by atoms with Gasteiger partial charge in [0.25, 0.3) is 5.56 Å². The number of fused-ring (bicyclic) bond motifs is 1. The maximum Gasteiger partial charge on any atom is 0.253 e. The number of hydrogen-bond acceptors (Lipinski definition) is 4. The van der Waals surface area contributed by atoms with Gasteiger partial charge in [-0.3, -0.25) is 4.79 Å². The van der Waals surface area contributed by atoms with Crippen molar-refractivity contribution >= 4 is 28.2 Å². The van der Waals surface area contributed by atoms with Gasteiger partial charge >= 0.3 is 0 Å². The zero-order valence-corrected chi connectivity index (χ0v) is 17.4. The number of benzene rings is 1. The molecule has 1 aliphatic heterocycles. The molecular weight excluding hydrogens is 374 g/mol. The summed E-state index contributed by atoms with van der Waals surface area (Å²) in [5.41, 5.74) is 2.74. The molecule has 7 heteroatoms. The van der Waals surface area contributed by atoms with Crippen LogP contribution in [0.5, 0.6) is 0 Å². The Hall–Kier alpha value is -1.96. The molecule has 6 nitrogen and oxygen atoms in total. The Bertz CT molecular complexity index is 862. The molecule has 28 heavy (non-hydrogen) atoms. The van der Waals surface area contributed by atoms with E-state index in [1.165, 1.54) is 5.56 Å². The predicted octanol–water partition coefficient (Wildman–Crippen LogP) is 2.59. The lowest BCUT2D eigenvalue weighted by Crippen LogP contribution is -2.44. The van der Waals surface area contributed by atoms with Crippen LogP contribution in [-0.4, -0.2) is 54.5 Å². The number of thiocarbonyl (C=S) groups is 1. The number of rotatable bonds is 8. The highest BCUT2D eigenvalue weighted by Crippen LogP contribution is 2.17. The molecule has 2 heterocycles. The van der Waals surface area contributed by atoms with Crippen molar-refractivity contribution in [3.05, 3.63) is 45.7 Å². The van der Waals surface area contributed by atoms with Crippen LogP contribution < -0.4 is 10.9 Å². The standard InChI is InChI=1S/C21H29N3O3S/c1-3-15-6-7-19-16(11-15)12-17(20(25)23-19)13-24(14-18-5-4-9-27-18)21(28)22-8-10-26-2/h6-7,11-12,18H,3-5,8-10,13-14H2,1-2H3,(H,22,28)(H,23,25)/t18-/m0/s1. The van der Waals surface area contributed by atoms with Crippen molar-refractivity contribution in [3.8, 4) is 0 Å². The third kappa shape index (κ3) is 5.31. The SMILES string of the molecule is CCc1ccc2[nH]c(=O)c(CN(C[C@@H]3CCCO3)C(=S)NCCOC)cc2c1. The molecule has 1 fully saturated rings. The Morgan fingerprint density at radius 3 is 3.00 bits per heavy atom. The number of nitrogens with zero attached hydrogens (tertiary/aromatic N) is 1. The predicted molar refractivity (Wildman–Crippen MR) is 116 cm³/mol. The normalized spacial score (nSPS) is 16.4. The third-order valence-corrected chi connectivity index (χ3v) is 5.48. The molecule has 1 aromatic carbocycles. The van der Waals surface area contributed by atoms with Crippen molar-refractivity contribution < 1.29 is 9.47 Å². The fourth-order valence-corrected chi connectivity index (χ4v) is 3.71. The monoisotopic (exact) mass is 403 g/mol. The second-order valence-electron chi connectivity index (χ2n) is 7.14. The average molecular weight is 404 g/mol. The second kappa shape index (κ2) is 10.0. The summed E-state index contributed by atoms with van der Waals surface area (Å²) in [4.78, 5) is 17.7. The van der Waals surface area contributed by atoms with Crippen LogP contribution in [0.2, 0.25) is 0 Å². The highest BCUT2D eigenvalue weighted by atomic mass is 32.1. The minimum absolute atomic E-state index is 0.0752. The third-order valence-electron chi connectivity index (χ3n) is 5.07. The number of H-pyrrole nitrogens is 1. The quantitative estimate of drug-likeness (QED) is 0.522. The first-order valence-corrected chi connectivity index (χ1v) is 10.3. The number of aryl methyl sites for hydroxylation is 1. The Balaban J connectivity index is 1.82. The average Bonchev–Trinajstić information content (AvgIpc) is 3.21. The van der Waals surface area contributed by atoms with E-state index in [2.05, 4.69) is 29.4 Å². The van der Waals surface area contributed by atoms with Gasteiger partial charge in [-0.05, 0) is 60.6 Å². The molecule has 3 rings (SSSR count). The van der Waals surface area contributed by atoms with E-state index in [1.807, 2.05) is 17.0 Å². The molecule has 0 bridgehead atoms. The smallest absolute Gasteiger partial charge is 0.253 e. The van der Waals surface area contributed by atoms with Crippen molar-refractivity contribution in [2.45, 2.75) is 38.8 Å². The molecule has 1 aliphatic rings. The van der Waals surface area contributed by atoms with E-state index < -0.39 is 0 Å². The van der Waals surface area contributed by atoms with Gasteiger partial charge in [0.1, 0.15) is 0 Å². The summed E-state index contributed by atoms with van der Waals surface area (Å²) >= 11 is 5.59. The molecule has 1 saturated heterocycles. The molecule has 2 N–H and O–H groups in total. The van der Waals surface area contributed by atoms with E-state index in [9.17, 15) is 4.79 Å². The number of ether oxygens (including phenoxy) is 2. The van der Waals surface area contributed by atoms with Gasteiger partial charge in [-0.25, -0.2) is 0 Å². The van der Waals surface area contributed by atoms with Crippen molar-refractivity contribution in [2.75, 3.05) is 33.4 Å². The largest absolute Gasteiger partial charge is 0.383 e. The molecule has 0 unspecified atom stereocenters. The number of hydrogen-bond donors (Lipinski definition) is 2. The number of aromatic nitrogens is 1. The highest BCUT2D eigenvalue weighted by Gasteiger charge is 2.22. The van der Waals surface area contributed by atoms with E-state index >= 15 is 0 Å². The van der Waals surface area contributed by atoms with Crippen molar-refractivity contribution in [3.63, 3.8) is 0 Å². The Morgan fingerprint density at radius 2 is 2.29 bits per heavy atom. The summed E-state index contributed by atoms with van der Waals surface area (Å²) in [6.07, 6.45) is 3.20. The molecular formula is C21H29N3O3S. The van der Waals surface area contributed by atoms with Crippen LogP contribution in [-0.2, 0) is 22.4 Å². The van der Waals surface area contributed by atoms with Crippen molar-refractivity contribution in [1.29, 1.82) is 0 Å². The van der Waals surface area contributed by atoms with Crippen LogP contribution in [0, 0.1) is 0 Å². The molecule has 152 valence electrons. The molecule has 0 spiro atoms. The van der Waals surface area contributed by atoms with E-state index in [1.54, 1.807) is 7.11 Å². The summed E-state index contributed by atoms with van der Waals surface area (Å²) in [5.74, 6) is 0. The van der Waals surface area contributed by atoms with Gasteiger partial charge in [0.15, 0.2) is 5.11 Å². The number of pyridine rings is 1. The lowest BCUT2D eigenvalue weighted by atomic mass is 10.1. The van der Waals surface area contributed by atoms with Crippen LogP contribution in [0.15, 0.2) is 29.1 Å². The lowest BCUT2D eigenvalue weighted by Gasteiger charge is -2.28. The van der Waals surface area contributed by atoms with Crippen LogP contribution in [0.1, 0.15) is 30.9 Å². The van der Waals surface area contributed by atoms with Gasteiger partial charge < -0.3 is 24.7 Å². The zero-order valence-electron chi connectivity index (χ0n) is 16.6. The molecule has 1 aromatic heterocycles. The van der Waals surface area contributed by atoms with E-state index in [0.29, 0.717) is 36.9 Å². The summed E-state index contributed by atoms with van der Waals surface area (Å²) in [6, 6.07) is 8.14. The van der Waals surface area contributed by atoms with Crippen LogP contribution in [0.3, 0.4) is 0 Å². The highest BCUT2D eigenvalue weighted by molar-refractivity contribution is 7.80. The molecule has 2 aromatic rings. The summed E-state index contributed by atoms with van der Waals surface area (Å²) in [6.45, 7) is 5.24. The lowest BCUT2D eigenvalue weighted by molar-refractivity contribution is 0.0895. The number of nitrogens with one attached hydrogen (secondary N) is 2. The Labute approximate surface area is 171 Å².